The van der Waals surface area contributed by atoms with Gasteiger partial charge in [-0.3, -0.25) is 4.79 Å². The molecule has 0 saturated carbocycles. The van der Waals surface area contributed by atoms with Crippen LogP contribution < -0.4 is 0 Å². The number of carboxylic acid groups (broad SMARTS) is 1. The van der Waals surface area contributed by atoms with Crippen molar-refractivity contribution in [1.29, 1.82) is 0 Å². The summed E-state index contributed by atoms with van der Waals surface area (Å²) in [5, 5.41) is 8.68. The number of allylic oxidation sites excluding steroid dienone is 5. The molecule has 0 aromatic rings. The van der Waals surface area contributed by atoms with E-state index in [9.17, 15) is 4.79 Å². The van der Waals surface area contributed by atoms with Crippen molar-refractivity contribution in [3.63, 3.8) is 0 Å². The first-order valence-electron chi connectivity index (χ1n) is 8.43. The summed E-state index contributed by atoms with van der Waals surface area (Å²) in [5.41, 5.74) is 0. The van der Waals surface area contributed by atoms with E-state index in [0.717, 1.165) is 12.8 Å². The Morgan fingerprint density at radius 1 is 1.00 bits per heavy atom. The van der Waals surface area contributed by atoms with Crippen LogP contribution in [0.15, 0.2) is 36.5 Å². The fraction of sp³-hybridized carbons (Fsp3) is 0.632. The molecule has 0 heterocycles. The summed E-state index contributed by atoms with van der Waals surface area (Å²) in [4.78, 5) is 10.6. The van der Waals surface area contributed by atoms with E-state index in [0.29, 0.717) is 0 Å². The van der Waals surface area contributed by atoms with Crippen molar-refractivity contribution in [2.75, 3.05) is 7.11 Å². The summed E-state index contributed by atoms with van der Waals surface area (Å²) < 4.78 is 5.06. The molecule has 0 aliphatic carbocycles. The average molecular weight is 308 g/mol. The van der Waals surface area contributed by atoms with Crippen LogP contribution in [-0.4, -0.2) is 24.3 Å². The normalized spacial score (nSPS) is 13.5. The molecule has 3 nitrogen and oxygen atoms in total. The third-order valence-electron chi connectivity index (χ3n) is 3.40. The highest BCUT2D eigenvalue weighted by Gasteiger charge is 2.06. The van der Waals surface area contributed by atoms with Gasteiger partial charge in [-0.2, -0.15) is 0 Å². The van der Waals surface area contributed by atoms with Gasteiger partial charge >= 0.3 is 5.97 Å². The lowest BCUT2D eigenvalue weighted by molar-refractivity contribution is -0.138. The number of methoxy groups -OCH3 is 1. The molecule has 0 rings (SSSR count). The van der Waals surface area contributed by atoms with E-state index in [-0.39, 0.29) is 12.5 Å². The Morgan fingerprint density at radius 3 is 2.23 bits per heavy atom. The number of aliphatic carboxylic acids is 1. The molecule has 0 fully saturated rings. The van der Waals surface area contributed by atoms with Crippen molar-refractivity contribution in [3.8, 4) is 0 Å². The van der Waals surface area contributed by atoms with Gasteiger partial charge in [0.2, 0.25) is 0 Å². The van der Waals surface area contributed by atoms with Gasteiger partial charge in [-0.1, -0.05) is 62.6 Å². The minimum atomic E-state index is -0.842. The van der Waals surface area contributed by atoms with E-state index in [2.05, 4.69) is 25.2 Å². The van der Waals surface area contributed by atoms with Crippen LogP contribution in [0.1, 0.15) is 64.7 Å². The Balaban J connectivity index is 3.50. The zero-order chi connectivity index (χ0) is 16.5. The fourth-order valence-corrected chi connectivity index (χ4v) is 2.10. The summed E-state index contributed by atoms with van der Waals surface area (Å²) in [7, 11) is 1.53. The van der Waals surface area contributed by atoms with Crippen molar-refractivity contribution in [1.82, 2.24) is 0 Å². The number of unbranched alkanes of at least 4 members (excludes halogenated alkanes) is 6. The maximum Gasteiger partial charge on any atom is 0.306 e. The van der Waals surface area contributed by atoms with Gasteiger partial charge in [0, 0.05) is 7.11 Å². The van der Waals surface area contributed by atoms with Gasteiger partial charge in [-0.15, -0.1) is 0 Å². The molecule has 1 atom stereocenters. The van der Waals surface area contributed by atoms with Gasteiger partial charge in [0.1, 0.15) is 0 Å². The number of rotatable bonds is 14. The molecular weight excluding hydrogens is 276 g/mol. The van der Waals surface area contributed by atoms with Crippen molar-refractivity contribution in [2.45, 2.75) is 70.8 Å². The minimum Gasteiger partial charge on any atom is -0.481 e. The molecule has 0 aliphatic rings. The Labute approximate surface area is 135 Å². The van der Waals surface area contributed by atoms with E-state index < -0.39 is 5.97 Å². The monoisotopic (exact) mass is 308 g/mol. The molecule has 0 bridgehead atoms. The van der Waals surface area contributed by atoms with Crippen LogP contribution in [0.5, 0.6) is 0 Å². The standard InChI is InChI=1S/C19H32O3/c1-3-4-5-6-7-8-9-10-11-12-13-14-15-16-18(22-2)17-19(20)21/h4-5,13-16,18H,3,6-12,17H2,1-2H3,(H,20,21). The van der Waals surface area contributed by atoms with Gasteiger partial charge in [-0.25, -0.2) is 0 Å². The highest BCUT2D eigenvalue weighted by molar-refractivity contribution is 5.67. The Kier molecular flexibility index (Phi) is 15.0. The average Bonchev–Trinajstić information content (AvgIpc) is 2.50. The van der Waals surface area contributed by atoms with Gasteiger partial charge in [0.05, 0.1) is 12.5 Å². The summed E-state index contributed by atoms with van der Waals surface area (Å²) >= 11 is 0. The van der Waals surface area contributed by atoms with E-state index in [1.807, 2.05) is 12.2 Å². The van der Waals surface area contributed by atoms with E-state index in [4.69, 9.17) is 9.84 Å². The first-order chi connectivity index (χ1) is 10.7. The predicted molar refractivity (Wildman–Crippen MR) is 93.1 cm³/mol. The van der Waals surface area contributed by atoms with Gasteiger partial charge < -0.3 is 9.84 Å². The molecule has 0 spiro atoms. The third kappa shape index (κ3) is 15.0. The summed E-state index contributed by atoms with van der Waals surface area (Å²) in [6.45, 7) is 2.17. The first kappa shape index (κ1) is 20.6. The molecule has 0 saturated heterocycles. The zero-order valence-electron chi connectivity index (χ0n) is 14.2. The van der Waals surface area contributed by atoms with Gasteiger partial charge in [-0.05, 0) is 32.1 Å². The zero-order valence-corrected chi connectivity index (χ0v) is 14.2. The SMILES string of the molecule is CCC=CCCCCCCCC=CC=CC(CC(=O)O)OC. The molecule has 126 valence electrons. The maximum atomic E-state index is 10.6. The van der Waals surface area contributed by atoms with Crippen LogP contribution in [0, 0.1) is 0 Å². The number of hydrogen-bond donors (Lipinski definition) is 1. The molecule has 0 aliphatic heterocycles. The number of hydrogen-bond acceptors (Lipinski definition) is 2. The second kappa shape index (κ2) is 16.0. The van der Waals surface area contributed by atoms with Crippen LogP contribution in [0.3, 0.4) is 0 Å². The van der Waals surface area contributed by atoms with E-state index in [1.165, 1.54) is 45.6 Å². The number of carbonyl (C=O) groups is 1. The largest absolute Gasteiger partial charge is 0.481 e. The molecule has 1 unspecified atom stereocenters. The maximum absolute atomic E-state index is 10.6. The summed E-state index contributed by atoms with van der Waals surface area (Å²) in [5.74, 6) is -0.842. The van der Waals surface area contributed by atoms with Gasteiger partial charge in [0.25, 0.3) is 0 Å². The highest BCUT2D eigenvalue weighted by atomic mass is 16.5. The Morgan fingerprint density at radius 2 is 1.64 bits per heavy atom. The third-order valence-corrected chi connectivity index (χ3v) is 3.40. The first-order valence-corrected chi connectivity index (χ1v) is 8.43. The highest BCUT2D eigenvalue weighted by Crippen LogP contribution is 2.08. The lowest BCUT2D eigenvalue weighted by Gasteiger charge is -2.05. The molecule has 0 aromatic carbocycles. The predicted octanol–water partition coefficient (Wildman–Crippen LogP) is 5.29. The summed E-state index contributed by atoms with van der Waals surface area (Å²) in [6, 6.07) is 0. The smallest absolute Gasteiger partial charge is 0.306 e. The molecule has 3 heteroatoms. The quantitative estimate of drug-likeness (QED) is 0.269. The van der Waals surface area contributed by atoms with Crippen molar-refractivity contribution in [3.05, 3.63) is 36.5 Å². The van der Waals surface area contributed by atoms with Gasteiger partial charge in [0.15, 0.2) is 0 Å². The second-order valence-electron chi connectivity index (χ2n) is 5.41. The molecule has 22 heavy (non-hydrogen) atoms. The van der Waals surface area contributed by atoms with Crippen LogP contribution in [0.25, 0.3) is 0 Å². The minimum absolute atomic E-state index is 0.00822. The van der Waals surface area contributed by atoms with Crippen LogP contribution in [0.4, 0.5) is 0 Å². The molecule has 1 N–H and O–H groups in total. The van der Waals surface area contributed by atoms with E-state index in [1.54, 1.807) is 6.08 Å². The number of ether oxygens (including phenoxy) is 1. The van der Waals surface area contributed by atoms with Crippen molar-refractivity contribution in [2.24, 2.45) is 0 Å². The fourth-order valence-electron chi connectivity index (χ4n) is 2.10. The van der Waals surface area contributed by atoms with E-state index >= 15 is 0 Å². The van der Waals surface area contributed by atoms with Crippen molar-refractivity contribution < 1.29 is 14.6 Å². The van der Waals surface area contributed by atoms with Crippen LogP contribution in [0.2, 0.25) is 0 Å². The lowest BCUT2D eigenvalue weighted by Crippen LogP contribution is -2.12. The molecule has 0 aromatic heterocycles. The van der Waals surface area contributed by atoms with Crippen LogP contribution >= 0.6 is 0 Å². The summed E-state index contributed by atoms with van der Waals surface area (Å²) in [6.07, 6.45) is 21.8. The second-order valence-corrected chi connectivity index (χ2v) is 5.41. The van der Waals surface area contributed by atoms with Crippen molar-refractivity contribution >= 4 is 5.97 Å². The lowest BCUT2D eigenvalue weighted by atomic mass is 10.1. The Bertz CT molecular complexity index is 343. The van der Waals surface area contributed by atoms with Crippen LogP contribution in [-0.2, 0) is 9.53 Å². The topological polar surface area (TPSA) is 46.5 Å². The number of carboxylic acids is 1. The molecule has 0 radical (unpaired) electrons. The molecule has 0 amide bonds. The molecular formula is C19H32O3. The Hall–Kier alpha value is -1.35.